The topological polar surface area (TPSA) is 12.4 Å². The van der Waals surface area contributed by atoms with E-state index in [1.807, 2.05) is 7.85 Å². The predicted molar refractivity (Wildman–Crippen MR) is 23.0 cm³/mol. The lowest BCUT2D eigenvalue weighted by Gasteiger charge is -1.52. The summed E-state index contributed by atoms with van der Waals surface area (Å²) in [6, 6.07) is 0. The van der Waals surface area contributed by atoms with Crippen LogP contribution in [0.15, 0.2) is 4.99 Å². The summed E-state index contributed by atoms with van der Waals surface area (Å²) in [5.74, 6) is 0. The molecule has 0 N–H and O–H groups in total. The Kier molecular flexibility index (Phi) is 2.55. The maximum atomic E-state index is 3.61. The van der Waals surface area contributed by atoms with Gasteiger partial charge in [-0.2, -0.15) is 0 Å². The molecule has 0 saturated heterocycles. The van der Waals surface area contributed by atoms with Gasteiger partial charge in [0.2, 0.25) is 0 Å². The van der Waals surface area contributed by atoms with Gasteiger partial charge in [-0.25, -0.2) is 0 Å². The third-order valence-corrected chi connectivity index (χ3v) is 0.258. The summed E-state index contributed by atoms with van der Waals surface area (Å²) in [5.41, 5.74) is 0. The standard InChI is InChI=1S/C2H6BN/c1-4-2-3/h2H,3H2,1H3/b4-2+. The summed E-state index contributed by atoms with van der Waals surface area (Å²) >= 11 is 0. The van der Waals surface area contributed by atoms with Crippen molar-refractivity contribution in [2.24, 2.45) is 4.99 Å². The van der Waals surface area contributed by atoms with E-state index in [0.717, 1.165) is 0 Å². The molecule has 0 rings (SSSR count). The minimum Gasteiger partial charge on any atom is -0.311 e. The van der Waals surface area contributed by atoms with Gasteiger partial charge in [0, 0.05) is 7.05 Å². The Morgan fingerprint density at radius 1 is 2.00 bits per heavy atom. The third kappa shape index (κ3) is 1.73. The van der Waals surface area contributed by atoms with E-state index in [1.165, 1.54) is 0 Å². The zero-order chi connectivity index (χ0) is 3.41. The maximum absolute atomic E-state index is 3.61. The van der Waals surface area contributed by atoms with Crippen LogP contribution in [0.25, 0.3) is 0 Å². The molecule has 0 aliphatic heterocycles. The lowest BCUT2D eigenvalue weighted by Crippen LogP contribution is -1.59. The third-order valence-electron chi connectivity index (χ3n) is 0.258. The molecule has 4 heavy (non-hydrogen) atoms. The van der Waals surface area contributed by atoms with Crippen molar-refractivity contribution in [3.05, 3.63) is 0 Å². The fourth-order valence-electron chi connectivity index (χ4n) is 0. The lowest BCUT2D eigenvalue weighted by molar-refractivity contribution is 1.49. The average molecular weight is 54.9 g/mol. The van der Waals surface area contributed by atoms with Crippen molar-refractivity contribution in [1.29, 1.82) is 0 Å². The quantitative estimate of drug-likeness (QED) is 0.256. The second-order valence-electron chi connectivity index (χ2n) is 0.516. The van der Waals surface area contributed by atoms with E-state index in [0.29, 0.717) is 0 Å². The predicted octanol–water partition coefficient (Wildman–Crippen LogP) is -0.722. The van der Waals surface area contributed by atoms with Crippen molar-refractivity contribution in [2.75, 3.05) is 7.05 Å². The van der Waals surface area contributed by atoms with Gasteiger partial charge < -0.3 is 4.99 Å². The van der Waals surface area contributed by atoms with E-state index in [-0.39, 0.29) is 0 Å². The molecule has 0 unspecified atom stereocenters. The molecule has 0 atom stereocenters. The molecule has 0 aromatic carbocycles. The van der Waals surface area contributed by atoms with Gasteiger partial charge in [0.1, 0.15) is 0 Å². The second kappa shape index (κ2) is 2.73. The van der Waals surface area contributed by atoms with Crippen LogP contribution in [0, 0.1) is 0 Å². The van der Waals surface area contributed by atoms with E-state index in [9.17, 15) is 0 Å². The van der Waals surface area contributed by atoms with Gasteiger partial charge in [-0.05, 0) is 6.11 Å². The van der Waals surface area contributed by atoms with E-state index < -0.39 is 0 Å². The highest BCUT2D eigenvalue weighted by molar-refractivity contribution is 6.49. The molecule has 0 radical (unpaired) electrons. The van der Waals surface area contributed by atoms with Crippen LogP contribution in [0.1, 0.15) is 0 Å². The molecule has 2 heteroatoms. The first-order valence-corrected chi connectivity index (χ1v) is 1.28. The highest BCUT2D eigenvalue weighted by Crippen LogP contribution is 1.33. The molecule has 0 fully saturated rings. The number of hydrogen-bond acceptors (Lipinski definition) is 1. The summed E-state index contributed by atoms with van der Waals surface area (Å²) in [6.07, 6.45) is 1.75. The van der Waals surface area contributed by atoms with Crippen molar-refractivity contribution in [2.45, 2.75) is 0 Å². The molecule has 22 valence electrons. The van der Waals surface area contributed by atoms with Crippen molar-refractivity contribution in [3.8, 4) is 0 Å². The van der Waals surface area contributed by atoms with E-state index in [2.05, 4.69) is 4.99 Å². The van der Waals surface area contributed by atoms with Crippen LogP contribution in [0.2, 0.25) is 0 Å². The molecule has 0 aromatic heterocycles. The molecule has 0 aliphatic rings. The number of rotatable bonds is 0. The summed E-state index contributed by atoms with van der Waals surface area (Å²) in [5, 5.41) is 0. The Morgan fingerprint density at radius 2 is 2.25 bits per heavy atom. The summed E-state index contributed by atoms with van der Waals surface area (Å²) in [6.45, 7) is 0. The van der Waals surface area contributed by atoms with Crippen LogP contribution in [0.4, 0.5) is 0 Å². The van der Waals surface area contributed by atoms with Gasteiger partial charge in [-0.3, -0.25) is 0 Å². The first-order chi connectivity index (χ1) is 1.91. The smallest absolute Gasteiger partial charge is 0.153 e. The second-order valence-corrected chi connectivity index (χ2v) is 0.516. The number of aliphatic imine (C=N–C) groups is 1. The average Bonchev–Trinajstić information content (AvgIpc) is 1.37. The lowest BCUT2D eigenvalue weighted by atomic mass is 10.2. The van der Waals surface area contributed by atoms with Gasteiger partial charge >= 0.3 is 0 Å². The molecular formula is C2H6BN. The van der Waals surface area contributed by atoms with E-state index in [4.69, 9.17) is 0 Å². The number of nitrogens with zero attached hydrogens (tertiary/aromatic N) is 1. The fourth-order valence-corrected chi connectivity index (χ4v) is 0. The minimum atomic E-state index is 1.75. The molecule has 1 nitrogen and oxygen atoms in total. The Labute approximate surface area is 27.2 Å². The van der Waals surface area contributed by atoms with Gasteiger partial charge in [0.15, 0.2) is 7.85 Å². The molecule has 0 amide bonds. The van der Waals surface area contributed by atoms with Crippen LogP contribution in [0.5, 0.6) is 0 Å². The van der Waals surface area contributed by atoms with E-state index in [1.54, 1.807) is 13.2 Å². The Bertz CT molecular complexity index is 21.2. The molecule has 0 spiro atoms. The normalized spacial score (nSPS) is 9.25. The van der Waals surface area contributed by atoms with Crippen LogP contribution in [0.3, 0.4) is 0 Å². The van der Waals surface area contributed by atoms with E-state index >= 15 is 0 Å². The SMILES string of the molecule is B/C=N/C. The zero-order valence-electron chi connectivity index (χ0n) is 3.02. The van der Waals surface area contributed by atoms with Crippen molar-refractivity contribution in [3.63, 3.8) is 0 Å². The number of hydrogen-bond donors (Lipinski definition) is 0. The van der Waals surface area contributed by atoms with Crippen molar-refractivity contribution >= 4 is 14.0 Å². The first-order valence-electron chi connectivity index (χ1n) is 1.28. The van der Waals surface area contributed by atoms with Gasteiger partial charge in [-0.15, -0.1) is 0 Å². The molecule has 0 heterocycles. The molecular weight excluding hydrogens is 48.8 g/mol. The Balaban J connectivity index is 2.55. The zero-order valence-corrected chi connectivity index (χ0v) is 3.02. The Morgan fingerprint density at radius 3 is 2.25 bits per heavy atom. The van der Waals surface area contributed by atoms with Gasteiger partial charge in [0.05, 0.1) is 0 Å². The maximum Gasteiger partial charge on any atom is 0.153 e. The highest BCUT2D eigenvalue weighted by atomic mass is 14.6. The van der Waals surface area contributed by atoms with Gasteiger partial charge in [-0.1, -0.05) is 0 Å². The van der Waals surface area contributed by atoms with Crippen molar-refractivity contribution < 1.29 is 0 Å². The summed E-state index contributed by atoms with van der Waals surface area (Å²) < 4.78 is 0. The minimum absolute atomic E-state index is 1.75. The molecule has 0 aromatic rings. The van der Waals surface area contributed by atoms with Crippen LogP contribution in [-0.2, 0) is 0 Å². The molecule has 0 saturated carbocycles. The van der Waals surface area contributed by atoms with Crippen LogP contribution in [-0.4, -0.2) is 21.0 Å². The largest absolute Gasteiger partial charge is 0.311 e. The first kappa shape index (κ1) is 3.73. The fraction of sp³-hybridized carbons (Fsp3) is 0.500. The summed E-state index contributed by atoms with van der Waals surface area (Å²) in [7, 11) is 3.64. The van der Waals surface area contributed by atoms with Crippen molar-refractivity contribution in [1.82, 2.24) is 0 Å². The van der Waals surface area contributed by atoms with Crippen LogP contribution < -0.4 is 0 Å². The monoisotopic (exact) mass is 55.1 g/mol. The Hall–Kier alpha value is -0.265. The molecule has 0 bridgehead atoms. The van der Waals surface area contributed by atoms with Crippen LogP contribution >= 0.6 is 0 Å². The highest BCUT2D eigenvalue weighted by Gasteiger charge is 1.35. The summed E-state index contributed by atoms with van der Waals surface area (Å²) in [4.78, 5) is 3.61. The van der Waals surface area contributed by atoms with Gasteiger partial charge in [0.25, 0.3) is 0 Å². The molecule has 0 aliphatic carbocycles.